The molecule has 9 heteroatoms. The smallest absolute Gasteiger partial charge is 0.485 e. The molecule has 0 unspecified atom stereocenters. The topological polar surface area (TPSA) is 72.2 Å². The van der Waals surface area contributed by atoms with E-state index in [4.69, 9.17) is 13.0 Å². The first-order valence-electron chi connectivity index (χ1n) is 10.1. The fourth-order valence-corrected chi connectivity index (χ4v) is 3.46. The second-order valence-electron chi connectivity index (χ2n) is 7.65. The molecule has 33 heavy (non-hydrogen) atoms. The summed E-state index contributed by atoms with van der Waals surface area (Å²) in [7, 11) is -6.09. The van der Waals surface area contributed by atoms with Gasteiger partial charge in [-0.2, -0.15) is 17.7 Å². The van der Waals surface area contributed by atoms with Gasteiger partial charge in [0.05, 0.1) is 17.2 Å². The van der Waals surface area contributed by atoms with E-state index in [1.807, 2.05) is 0 Å². The van der Waals surface area contributed by atoms with Gasteiger partial charge in [0.1, 0.15) is 0 Å². The van der Waals surface area contributed by atoms with Crippen molar-refractivity contribution < 1.29 is 30.7 Å². The van der Waals surface area contributed by atoms with Crippen molar-refractivity contribution in [2.24, 2.45) is 0 Å². The zero-order valence-corrected chi connectivity index (χ0v) is 18.8. The molecule has 0 aromatic heterocycles. The summed E-state index contributed by atoms with van der Waals surface area (Å²) in [6.45, 7) is 4.41. The van der Waals surface area contributed by atoms with Gasteiger partial charge in [-0.3, -0.25) is 0 Å². The van der Waals surface area contributed by atoms with E-state index in [0.29, 0.717) is 5.92 Å². The molecule has 0 fully saturated rings. The number of halogens is 3. The standard InChI is InChI=1S/C23H22N2.CHF3O3S/c1-17-12-14-21(15-13-17)25-16-20-10-6-7-11-22(20)24-23(25)18(2)19-8-4-3-5-9-19;2-1(3,4)8(5,6)7/h3-16,18,23H,1-2H3;(H,5,6,7)/t18-,23-;/m0./s1. The quantitative estimate of drug-likeness (QED) is 0.314. The Kier molecular flexibility index (Phi) is 7.24. The van der Waals surface area contributed by atoms with Crippen LogP contribution in [-0.2, 0) is 10.1 Å². The number of hydrogen-bond donors (Lipinski definition) is 1. The van der Waals surface area contributed by atoms with E-state index < -0.39 is 15.6 Å². The number of nitrogens with zero attached hydrogens (tertiary/aromatic N) is 1. The fourth-order valence-electron chi connectivity index (χ4n) is 3.46. The van der Waals surface area contributed by atoms with E-state index in [-0.39, 0.29) is 6.17 Å². The third-order valence-corrected chi connectivity index (χ3v) is 5.82. The van der Waals surface area contributed by atoms with E-state index in [2.05, 4.69) is 109 Å². The van der Waals surface area contributed by atoms with Crippen molar-refractivity contribution >= 4 is 27.7 Å². The molecule has 2 atom stereocenters. The number of alkyl halides is 3. The summed E-state index contributed by atoms with van der Waals surface area (Å²) < 4.78 is 61.3. The van der Waals surface area contributed by atoms with Crippen LogP contribution < -0.4 is 5.32 Å². The Bertz CT molecular complexity index is 1230. The predicted molar refractivity (Wildman–Crippen MR) is 121 cm³/mol. The second-order valence-corrected chi connectivity index (χ2v) is 9.02. The zero-order valence-electron chi connectivity index (χ0n) is 18.0. The van der Waals surface area contributed by atoms with Crippen molar-refractivity contribution in [3.8, 4) is 0 Å². The molecule has 0 spiro atoms. The molecule has 0 aliphatic carbocycles. The lowest BCUT2D eigenvalue weighted by atomic mass is 9.95. The number of nitrogens with one attached hydrogen (secondary N) is 1. The molecular weight excluding hydrogens is 453 g/mol. The van der Waals surface area contributed by atoms with Crippen LogP contribution in [0.4, 0.5) is 24.5 Å². The molecule has 1 N–H and O–H groups in total. The number of fused-ring (bicyclic) bond motifs is 1. The van der Waals surface area contributed by atoms with Crippen LogP contribution in [0, 0.1) is 6.92 Å². The Hall–Kier alpha value is -3.17. The van der Waals surface area contributed by atoms with E-state index in [1.54, 1.807) is 0 Å². The van der Waals surface area contributed by atoms with Crippen LogP contribution in [0.2, 0.25) is 0 Å². The Morgan fingerprint density at radius 3 is 2.06 bits per heavy atom. The van der Waals surface area contributed by atoms with Crippen molar-refractivity contribution in [3.63, 3.8) is 0 Å². The normalized spacial score (nSPS) is 16.4. The molecule has 4 rings (SSSR count). The average Bonchev–Trinajstić information content (AvgIpc) is 2.78. The van der Waals surface area contributed by atoms with Gasteiger partial charge in [0.25, 0.3) is 0 Å². The summed E-state index contributed by atoms with van der Waals surface area (Å²) >= 11 is 0. The molecule has 0 saturated heterocycles. The van der Waals surface area contributed by atoms with Gasteiger partial charge in [0.2, 0.25) is 11.9 Å². The van der Waals surface area contributed by atoms with Gasteiger partial charge in [-0.25, -0.2) is 8.42 Å². The Morgan fingerprint density at radius 2 is 1.48 bits per heavy atom. The minimum absolute atomic E-state index is 0.167. The maximum Gasteiger partial charge on any atom is 0.485 e. The van der Waals surface area contributed by atoms with Gasteiger partial charge in [0, 0.05) is 12.1 Å². The predicted octanol–water partition coefficient (Wildman–Crippen LogP) is 5.36. The lowest BCUT2D eigenvalue weighted by Crippen LogP contribution is -2.39. The fraction of sp³-hybridized carbons (Fsp3) is 0.208. The average molecular weight is 477 g/mol. The van der Waals surface area contributed by atoms with Crippen LogP contribution >= 0.6 is 0 Å². The third-order valence-electron chi connectivity index (χ3n) is 5.26. The van der Waals surface area contributed by atoms with E-state index in [1.165, 1.54) is 28.1 Å². The van der Waals surface area contributed by atoms with Crippen molar-refractivity contribution in [2.75, 3.05) is 5.32 Å². The van der Waals surface area contributed by atoms with Crippen LogP contribution in [0.15, 0.2) is 78.9 Å². The van der Waals surface area contributed by atoms with Crippen LogP contribution in [-0.4, -0.2) is 35.4 Å². The highest BCUT2D eigenvalue weighted by atomic mass is 32.2. The summed E-state index contributed by atoms with van der Waals surface area (Å²) in [5, 5.41) is 3.75. The second kappa shape index (κ2) is 9.76. The first-order valence-corrected chi connectivity index (χ1v) is 11.5. The molecule has 1 heterocycles. The lowest BCUT2D eigenvalue weighted by molar-refractivity contribution is -0.477. The molecule has 1 aliphatic heterocycles. The number of anilines is 1. The van der Waals surface area contributed by atoms with Crippen LogP contribution in [0.25, 0.3) is 0 Å². The monoisotopic (exact) mass is 476 g/mol. The molecule has 174 valence electrons. The van der Waals surface area contributed by atoms with Crippen molar-refractivity contribution in [3.05, 3.63) is 95.6 Å². The Morgan fingerprint density at radius 1 is 0.939 bits per heavy atom. The lowest BCUT2D eigenvalue weighted by Gasteiger charge is -2.28. The highest BCUT2D eigenvalue weighted by molar-refractivity contribution is 7.86. The van der Waals surface area contributed by atoms with Crippen molar-refractivity contribution in [1.29, 1.82) is 0 Å². The van der Waals surface area contributed by atoms with E-state index >= 15 is 0 Å². The summed E-state index contributed by atoms with van der Waals surface area (Å²) in [5.74, 6) is 0.340. The Labute approximate surface area is 191 Å². The minimum atomic E-state index is -6.09. The maximum atomic E-state index is 10.7. The highest BCUT2D eigenvalue weighted by Crippen LogP contribution is 2.31. The molecule has 3 aromatic rings. The molecule has 0 amide bonds. The largest absolute Gasteiger partial charge is 0.741 e. The van der Waals surface area contributed by atoms with Gasteiger partial charge >= 0.3 is 5.51 Å². The van der Waals surface area contributed by atoms with Crippen LogP contribution in [0.3, 0.4) is 0 Å². The molecule has 0 radical (unpaired) electrons. The van der Waals surface area contributed by atoms with Crippen molar-refractivity contribution in [1.82, 2.24) is 0 Å². The summed E-state index contributed by atoms with van der Waals surface area (Å²) in [5.41, 5.74) is 0.595. The summed E-state index contributed by atoms with van der Waals surface area (Å²) in [6, 6.07) is 28.0. The minimum Gasteiger partial charge on any atom is -0.741 e. The van der Waals surface area contributed by atoms with E-state index in [9.17, 15) is 13.2 Å². The van der Waals surface area contributed by atoms with Gasteiger partial charge in [-0.05, 0) is 31.5 Å². The molecule has 3 aromatic carbocycles. The molecular formula is C24H23F3N2O3S. The third kappa shape index (κ3) is 6.00. The SMILES string of the molecule is Cc1ccc([N+]2=Cc3ccccc3N[C@@H]2[C@@H](C)c2ccccc2)cc1.O=S(=O)([O-])C(F)(F)F. The number of aryl methyl sites for hydroxylation is 1. The first-order chi connectivity index (χ1) is 15.5. The van der Waals surface area contributed by atoms with Crippen LogP contribution in [0.5, 0.6) is 0 Å². The number of para-hydroxylation sites is 1. The molecule has 5 nitrogen and oxygen atoms in total. The molecule has 1 aliphatic rings. The summed E-state index contributed by atoms with van der Waals surface area (Å²) in [4.78, 5) is 0. The molecule has 0 saturated carbocycles. The van der Waals surface area contributed by atoms with Gasteiger partial charge in [0.15, 0.2) is 16.3 Å². The van der Waals surface area contributed by atoms with Gasteiger partial charge < -0.3 is 9.87 Å². The zero-order chi connectivity index (χ0) is 24.2. The van der Waals surface area contributed by atoms with Crippen molar-refractivity contribution in [2.45, 2.75) is 31.4 Å². The number of hydrogen-bond acceptors (Lipinski definition) is 4. The van der Waals surface area contributed by atoms with Gasteiger partial charge in [-0.1, -0.05) is 60.2 Å². The number of benzene rings is 3. The first kappa shape index (κ1) is 24.5. The highest BCUT2D eigenvalue weighted by Gasteiger charge is 2.37. The maximum absolute atomic E-state index is 10.7. The summed E-state index contributed by atoms with van der Waals surface area (Å²) in [6.07, 6.45) is 2.43. The van der Waals surface area contributed by atoms with Gasteiger partial charge in [-0.15, -0.1) is 0 Å². The number of rotatable bonds is 3. The van der Waals surface area contributed by atoms with E-state index in [0.717, 1.165) is 0 Å². The molecule has 0 bridgehead atoms. The van der Waals surface area contributed by atoms with Crippen LogP contribution in [0.1, 0.15) is 29.5 Å². The Balaban J connectivity index is 0.000000331.